The Hall–Kier alpha value is -1.32. The van der Waals surface area contributed by atoms with Gasteiger partial charge in [-0.3, -0.25) is 0 Å². The predicted molar refractivity (Wildman–Crippen MR) is 85.2 cm³/mol. The molecule has 0 spiro atoms. The molecular formula is C16H28N4. The number of nitrogens with one attached hydrogen (secondary N) is 2. The van der Waals surface area contributed by atoms with Crippen LogP contribution in [-0.4, -0.2) is 23.1 Å². The summed E-state index contributed by atoms with van der Waals surface area (Å²) in [6.07, 6.45) is 7.64. The Morgan fingerprint density at radius 2 is 1.95 bits per heavy atom. The Kier molecular flexibility index (Phi) is 5.21. The minimum Gasteiger partial charge on any atom is -0.373 e. The number of aromatic nitrogens is 2. The monoisotopic (exact) mass is 276 g/mol. The average Bonchev–Trinajstić information content (AvgIpc) is 2.43. The smallest absolute Gasteiger partial charge is 0.134 e. The van der Waals surface area contributed by atoms with Crippen molar-refractivity contribution in [2.45, 2.75) is 58.9 Å². The van der Waals surface area contributed by atoms with Crippen LogP contribution in [0.3, 0.4) is 0 Å². The molecule has 0 aliphatic heterocycles. The molecule has 3 unspecified atom stereocenters. The molecule has 0 aromatic carbocycles. The average molecular weight is 276 g/mol. The van der Waals surface area contributed by atoms with Gasteiger partial charge in [-0.15, -0.1) is 0 Å². The van der Waals surface area contributed by atoms with E-state index < -0.39 is 0 Å². The third-order valence-electron chi connectivity index (χ3n) is 4.44. The zero-order valence-electron chi connectivity index (χ0n) is 13.2. The molecule has 1 fully saturated rings. The molecule has 1 aromatic rings. The van der Waals surface area contributed by atoms with Gasteiger partial charge in [0.25, 0.3) is 0 Å². The summed E-state index contributed by atoms with van der Waals surface area (Å²) in [5.74, 6) is 3.55. The standard InChI is InChI=1S/C16H28N4/c1-5-6-13-15(17-4)18-10-19-16(13)20-14-8-7-11(2)9-12(14)3/h10-12,14H,5-9H2,1-4H3,(H2,17,18,19,20). The molecule has 2 rings (SSSR count). The van der Waals surface area contributed by atoms with Crippen molar-refractivity contribution in [2.75, 3.05) is 17.7 Å². The Morgan fingerprint density at radius 1 is 1.20 bits per heavy atom. The summed E-state index contributed by atoms with van der Waals surface area (Å²) in [5.41, 5.74) is 1.23. The van der Waals surface area contributed by atoms with Crippen LogP contribution in [0, 0.1) is 11.8 Å². The molecule has 2 N–H and O–H groups in total. The van der Waals surface area contributed by atoms with Gasteiger partial charge in [0.15, 0.2) is 0 Å². The quantitative estimate of drug-likeness (QED) is 0.861. The third-order valence-corrected chi connectivity index (χ3v) is 4.44. The van der Waals surface area contributed by atoms with Gasteiger partial charge in [0.05, 0.1) is 0 Å². The van der Waals surface area contributed by atoms with Gasteiger partial charge in [0.2, 0.25) is 0 Å². The van der Waals surface area contributed by atoms with Gasteiger partial charge in [0.1, 0.15) is 18.0 Å². The first-order chi connectivity index (χ1) is 9.65. The molecule has 112 valence electrons. The molecule has 0 radical (unpaired) electrons. The fraction of sp³-hybridized carbons (Fsp3) is 0.750. The van der Waals surface area contributed by atoms with Crippen molar-refractivity contribution in [2.24, 2.45) is 11.8 Å². The number of anilines is 2. The third kappa shape index (κ3) is 3.41. The first-order valence-corrected chi connectivity index (χ1v) is 7.93. The molecule has 0 bridgehead atoms. The van der Waals surface area contributed by atoms with E-state index in [4.69, 9.17) is 0 Å². The summed E-state index contributed by atoms with van der Waals surface area (Å²) in [5, 5.41) is 6.87. The molecule has 1 aliphatic carbocycles. The minimum absolute atomic E-state index is 0.543. The molecule has 4 nitrogen and oxygen atoms in total. The lowest BCUT2D eigenvalue weighted by Crippen LogP contribution is -2.33. The van der Waals surface area contributed by atoms with Crippen molar-refractivity contribution in [3.05, 3.63) is 11.9 Å². The van der Waals surface area contributed by atoms with Crippen molar-refractivity contribution >= 4 is 11.6 Å². The lowest BCUT2D eigenvalue weighted by molar-refractivity contribution is 0.276. The highest BCUT2D eigenvalue weighted by atomic mass is 15.1. The van der Waals surface area contributed by atoms with E-state index in [1.54, 1.807) is 6.33 Å². The topological polar surface area (TPSA) is 49.8 Å². The Labute approximate surface area is 122 Å². The normalized spacial score (nSPS) is 26.3. The molecule has 1 aliphatic rings. The fourth-order valence-corrected chi connectivity index (χ4v) is 3.29. The zero-order chi connectivity index (χ0) is 14.5. The van der Waals surface area contributed by atoms with Gasteiger partial charge in [-0.1, -0.05) is 27.2 Å². The minimum atomic E-state index is 0.543. The summed E-state index contributed by atoms with van der Waals surface area (Å²) in [4.78, 5) is 8.83. The summed E-state index contributed by atoms with van der Waals surface area (Å²) in [6, 6.07) is 0.543. The largest absolute Gasteiger partial charge is 0.373 e. The van der Waals surface area contributed by atoms with Crippen LogP contribution in [0.4, 0.5) is 11.6 Å². The summed E-state index contributed by atoms with van der Waals surface area (Å²) >= 11 is 0. The van der Waals surface area contributed by atoms with E-state index in [1.807, 2.05) is 7.05 Å². The first-order valence-electron chi connectivity index (χ1n) is 7.93. The van der Waals surface area contributed by atoms with E-state index in [0.717, 1.165) is 30.4 Å². The van der Waals surface area contributed by atoms with Gasteiger partial charge in [-0.05, 0) is 37.5 Å². The van der Waals surface area contributed by atoms with Crippen molar-refractivity contribution in [1.29, 1.82) is 0 Å². The molecule has 4 heteroatoms. The van der Waals surface area contributed by atoms with Gasteiger partial charge in [-0.25, -0.2) is 9.97 Å². The maximum atomic E-state index is 4.49. The molecule has 3 atom stereocenters. The van der Waals surface area contributed by atoms with Gasteiger partial charge in [-0.2, -0.15) is 0 Å². The predicted octanol–water partition coefficient (Wildman–Crippen LogP) is 3.71. The SMILES string of the molecule is CCCc1c(NC)ncnc1NC1CCC(C)CC1C. The molecule has 1 aromatic heterocycles. The van der Waals surface area contributed by atoms with Crippen LogP contribution in [0.1, 0.15) is 52.0 Å². The summed E-state index contributed by atoms with van der Waals surface area (Å²) < 4.78 is 0. The lowest BCUT2D eigenvalue weighted by atomic mass is 9.80. The van der Waals surface area contributed by atoms with Crippen LogP contribution in [0.5, 0.6) is 0 Å². The van der Waals surface area contributed by atoms with Crippen molar-refractivity contribution < 1.29 is 0 Å². The maximum Gasteiger partial charge on any atom is 0.134 e. The highest BCUT2D eigenvalue weighted by Crippen LogP contribution is 2.32. The van der Waals surface area contributed by atoms with Crippen molar-refractivity contribution in [1.82, 2.24) is 9.97 Å². The van der Waals surface area contributed by atoms with Crippen molar-refractivity contribution in [3.8, 4) is 0 Å². The fourth-order valence-electron chi connectivity index (χ4n) is 3.29. The molecule has 1 heterocycles. The van der Waals surface area contributed by atoms with E-state index in [2.05, 4.69) is 41.4 Å². The molecule has 20 heavy (non-hydrogen) atoms. The lowest BCUT2D eigenvalue weighted by Gasteiger charge is -2.34. The second kappa shape index (κ2) is 6.91. The molecule has 1 saturated carbocycles. The zero-order valence-corrected chi connectivity index (χ0v) is 13.2. The van der Waals surface area contributed by atoms with Crippen LogP contribution < -0.4 is 10.6 Å². The molecule has 0 amide bonds. The van der Waals surface area contributed by atoms with Crippen LogP contribution in [0.25, 0.3) is 0 Å². The summed E-state index contributed by atoms with van der Waals surface area (Å²) in [7, 11) is 1.93. The van der Waals surface area contributed by atoms with Crippen LogP contribution >= 0.6 is 0 Å². The van der Waals surface area contributed by atoms with E-state index in [1.165, 1.54) is 24.8 Å². The Morgan fingerprint density at radius 3 is 2.60 bits per heavy atom. The molecule has 0 saturated heterocycles. The number of hydrogen-bond donors (Lipinski definition) is 2. The Bertz CT molecular complexity index is 432. The van der Waals surface area contributed by atoms with Crippen LogP contribution in [0.2, 0.25) is 0 Å². The first kappa shape index (κ1) is 15.1. The van der Waals surface area contributed by atoms with Gasteiger partial charge >= 0.3 is 0 Å². The molecular weight excluding hydrogens is 248 g/mol. The second-order valence-electron chi connectivity index (χ2n) is 6.20. The maximum absolute atomic E-state index is 4.49. The van der Waals surface area contributed by atoms with E-state index in [0.29, 0.717) is 12.0 Å². The number of hydrogen-bond acceptors (Lipinski definition) is 4. The van der Waals surface area contributed by atoms with Gasteiger partial charge in [0, 0.05) is 18.7 Å². The second-order valence-corrected chi connectivity index (χ2v) is 6.20. The van der Waals surface area contributed by atoms with Crippen LogP contribution in [-0.2, 0) is 6.42 Å². The van der Waals surface area contributed by atoms with E-state index in [-0.39, 0.29) is 0 Å². The highest BCUT2D eigenvalue weighted by molar-refractivity contribution is 5.57. The highest BCUT2D eigenvalue weighted by Gasteiger charge is 2.26. The number of rotatable bonds is 5. The van der Waals surface area contributed by atoms with E-state index >= 15 is 0 Å². The Balaban J connectivity index is 2.16. The van der Waals surface area contributed by atoms with Gasteiger partial charge < -0.3 is 10.6 Å². The number of nitrogens with zero attached hydrogens (tertiary/aromatic N) is 2. The van der Waals surface area contributed by atoms with E-state index in [9.17, 15) is 0 Å². The van der Waals surface area contributed by atoms with Crippen LogP contribution in [0.15, 0.2) is 6.33 Å². The summed E-state index contributed by atoms with van der Waals surface area (Å²) in [6.45, 7) is 6.91. The van der Waals surface area contributed by atoms with Crippen molar-refractivity contribution in [3.63, 3.8) is 0 Å².